The molecule has 1 heterocycles. The Morgan fingerprint density at radius 3 is 2.40 bits per heavy atom. The zero-order valence-corrected chi connectivity index (χ0v) is 14.2. The van der Waals surface area contributed by atoms with Gasteiger partial charge in [-0.3, -0.25) is 4.79 Å². The molecule has 0 atom stereocenters. The Bertz CT molecular complexity index is 905. The first-order chi connectivity index (χ1) is 12.1. The van der Waals surface area contributed by atoms with Crippen LogP contribution in [0.3, 0.4) is 0 Å². The van der Waals surface area contributed by atoms with E-state index in [1.54, 1.807) is 0 Å². The van der Waals surface area contributed by atoms with Gasteiger partial charge in [0.2, 0.25) is 0 Å². The van der Waals surface area contributed by atoms with Gasteiger partial charge < -0.3 is 5.32 Å². The monoisotopic (exact) mass is 333 g/mol. The lowest BCUT2D eigenvalue weighted by atomic mass is 10.1. The Labute approximate surface area is 145 Å². The predicted octanol–water partition coefficient (Wildman–Crippen LogP) is 3.54. The van der Waals surface area contributed by atoms with Gasteiger partial charge in [-0.25, -0.2) is 4.68 Å². The van der Waals surface area contributed by atoms with Crippen molar-refractivity contribution in [1.82, 2.24) is 20.2 Å². The summed E-state index contributed by atoms with van der Waals surface area (Å²) >= 11 is 0. The number of carbonyl (C=O) groups excluding carboxylic acids is 1. The van der Waals surface area contributed by atoms with Crippen LogP contribution < -0.4 is 5.32 Å². The van der Waals surface area contributed by atoms with Gasteiger partial charge in [0.25, 0.3) is 5.91 Å². The molecule has 3 aromatic rings. The van der Waals surface area contributed by atoms with Gasteiger partial charge in [0.05, 0.1) is 6.04 Å². The molecule has 1 aliphatic rings. The summed E-state index contributed by atoms with van der Waals surface area (Å²) in [6, 6.07) is 13.9. The molecule has 6 heteroatoms. The van der Waals surface area contributed by atoms with E-state index in [4.69, 9.17) is 0 Å². The topological polar surface area (TPSA) is 72.7 Å². The van der Waals surface area contributed by atoms with Crippen molar-refractivity contribution in [3.8, 4) is 11.4 Å². The van der Waals surface area contributed by atoms with E-state index in [0.29, 0.717) is 11.6 Å². The minimum absolute atomic E-state index is 0.109. The maximum Gasteiger partial charge on any atom is 0.255 e. The molecule has 25 heavy (non-hydrogen) atoms. The van der Waals surface area contributed by atoms with Crippen molar-refractivity contribution in [1.29, 1.82) is 0 Å². The molecular formula is C19H19N5O. The summed E-state index contributed by atoms with van der Waals surface area (Å²) in [6.45, 7) is 3.98. The average Bonchev–Trinajstić information content (AvgIpc) is 3.32. The Kier molecular flexibility index (Phi) is 3.80. The summed E-state index contributed by atoms with van der Waals surface area (Å²) in [5, 5.41) is 14.9. The lowest BCUT2D eigenvalue weighted by Crippen LogP contribution is -2.12. The molecule has 1 amide bonds. The number of hydrogen-bond acceptors (Lipinski definition) is 4. The van der Waals surface area contributed by atoms with Crippen molar-refractivity contribution >= 4 is 11.6 Å². The van der Waals surface area contributed by atoms with Crippen molar-refractivity contribution in [2.24, 2.45) is 0 Å². The third-order valence-electron chi connectivity index (χ3n) is 4.27. The van der Waals surface area contributed by atoms with Gasteiger partial charge in [0, 0.05) is 16.8 Å². The number of tetrazole rings is 1. The van der Waals surface area contributed by atoms with Crippen LogP contribution in [-0.2, 0) is 0 Å². The molecule has 1 N–H and O–H groups in total. The fraction of sp³-hybridized carbons (Fsp3) is 0.263. The van der Waals surface area contributed by atoms with E-state index >= 15 is 0 Å². The van der Waals surface area contributed by atoms with Crippen LogP contribution >= 0.6 is 0 Å². The van der Waals surface area contributed by atoms with Gasteiger partial charge in [0.15, 0.2) is 5.82 Å². The fourth-order valence-corrected chi connectivity index (χ4v) is 2.96. The summed E-state index contributed by atoms with van der Waals surface area (Å²) < 4.78 is 1.88. The van der Waals surface area contributed by atoms with Crippen LogP contribution in [-0.4, -0.2) is 26.1 Å². The average molecular weight is 333 g/mol. The number of aryl methyl sites for hydroxylation is 2. The van der Waals surface area contributed by atoms with E-state index in [1.807, 2.05) is 54.9 Å². The van der Waals surface area contributed by atoms with Crippen LogP contribution in [0.1, 0.15) is 40.4 Å². The highest BCUT2D eigenvalue weighted by atomic mass is 16.1. The number of amides is 1. The highest BCUT2D eigenvalue weighted by Gasteiger charge is 2.28. The van der Waals surface area contributed by atoms with E-state index in [2.05, 4.69) is 26.9 Å². The Balaban J connectivity index is 1.52. The van der Waals surface area contributed by atoms with Gasteiger partial charge in [0.1, 0.15) is 0 Å². The number of carbonyl (C=O) groups is 1. The fourth-order valence-electron chi connectivity index (χ4n) is 2.96. The Morgan fingerprint density at radius 1 is 1.08 bits per heavy atom. The number of anilines is 1. The van der Waals surface area contributed by atoms with Gasteiger partial charge >= 0.3 is 0 Å². The predicted molar refractivity (Wildman–Crippen MR) is 95.4 cm³/mol. The van der Waals surface area contributed by atoms with E-state index in [9.17, 15) is 4.79 Å². The quantitative estimate of drug-likeness (QED) is 0.792. The van der Waals surface area contributed by atoms with Crippen LogP contribution in [0.25, 0.3) is 11.4 Å². The molecule has 4 rings (SSSR count). The molecule has 0 aliphatic heterocycles. The normalized spacial score (nSPS) is 13.7. The minimum atomic E-state index is -0.109. The van der Waals surface area contributed by atoms with E-state index in [-0.39, 0.29) is 5.91 Å². The van der Waals surface area contributed by atoms with Gasteiger partial charge in [-0.15, -0.1) is 5.10 Å². The summed E-state index contributed by atoms with van der Waals surface area (Å²) in [4.78, 5) is 12.4. The highest BCUT2D eigenvalue weighted by Crippen LogP contribution is 2.36. The van der Waals surface area contributed by atoms with Crippen LogP contribution in [0.5, 0.6) is 0 Å². The molecule has 0 radical (unpaired) electrons. The molecule has 2 aromatic carbocycles. The van der Waals surface area contributed by atoms with Crippen molar-refractivity contribution in [3.63, 3.8) is 0 Å². The van der Waals surface area contributed by atoms with Crippen LogP contribution in [0.4, 0.5) is 5.69 Å². The maximum absolute atomic E-state index is 12.4. The number of nitrogens with one attached hydrogen (secondary N) is 1. The summed E-state index contributed by atoms with van der Waals surface area (Å²) in [5.74, 6) is 0.664. The molecule has 1 saturated carbocycles. The molecule has 0 unspecified atom stereocenters. The first-order valence-electron chi connectivity index (χ1n) is 8.38. The number of benzene rings is 2. The molecule has 1 aromatic heterocycles. The third-order valence-corrected chi connectivity index (χ3v) is 4.27. The van der Waals surface area contributed by atoms with E-state index in [0.717, 1.165) is 41.0 Å². The molecule has 0 bridgehead atoms. The van der Waals surface area contributed by atoms with Crippen molar-refractivity contribution in [2.45, 2.75) is 32.7 Å². The van der Waals surface area contributed by atoms with Crippen molar-refractivity contribution < 1.29 is 4.79 Å². The molecule has 0 saturated heterocycles. The van der Waals surface area contributed by atoms with E-state index < -0.39 is 0 Å². The number of nitrogens with zero attached hydrogens (tertiary/aromatic N) is 4. The van der Waals surface area contributed by atoms with Crippen LogP contribution in [0.2, 0.25) is 0 Å². The molecule has 126 valence electrons. The van der Waals surface area contributed by atoms with Crippen LogP contribution in [0.15, 0.2) is 42.5 Å². The number of hydrogen-bond donors (Lipinski definition) is 1. The van der Waals surface area contributed by atoms with Gasteiger partial charge in [-0.1, -0.05) is 17.2 Å². The van der Waals surface area contributed by atoms with Crippen LogP contribution in [0, 0.1) is 13.8 Å². The SMILES string of the molecule is Cc1cc(C)cc(C(=O)Nc2ccc(-c3nnnn3C3CC3)cc2)c1. The second-order valence-corrected chi connectivity index (χ2v) is 6.59. The summed E-state index contributed by atoms with van der Waals surface area (Å²) in [6.07, 6.45) is 2.25. The second kappa shape index (κ2) is 6.12. The third kappa shape index (κ3) is 3.28. The molecule has 1 aliphatic carbocycles. The van der Waals surface area contributed by atoms with Gasteiger partial charge in [-0.2, -0.15) is 0 Å². The molecule has 0 spiro atoms. The summed E-state index contributed by atoms with van der Waals surface area (Å²) in [7, 11) is 0. The molecule has 1 fully saturated rings. The Morgan fingerprint density at radius 2 is 1.76 bits per heavy atom. The first kappa shape index (κ1) is 15.5. The smallest absolute Gasteiger partial charge is 0.255 e. The highest BCUT2D eigenvalue weighted by molar-refractivity contribution is 6.04. The second-order valence-electron chi connectivity index (χ2n) is 6.59. The lowest BCUT2D eigenvalue weighted by molar-refractivity contribution is 0.102. The minimum Gasteiger partial charge on any atom is -0.322 e. The summed E-state index contributed by atoms with van der Waals surface area (Å²) in [5.41, 5.74) is 4.51. The van der Waals surface area contributed by atoms with E-state index in [1.165, 1.54) is 0 Å². The standard InChI is InChI=1S/C19H19N5O/c1-12-9-13(2)11-15(10-12)19(25)20-16-5-3-14(4-6-16)18-21-22-23-24(18)17-7-8-17/h3-6,9-11,17H,7-8H2,1-2H3,(H,20,25). The van der Waals surface area contributed by atoms with Crippen molar-refractivity contribution in [2.75, 3.05) is 5.32 Å². The molecule has 6 nitrogen and oxygen atoms in total. The number of aromatic nitrogens is 4. The Hall–Kier alpha value is -3.02. The van der Waals surface area contributed by atoms with Gasteiger partial charge in [-0.05, 0) is 73.5 Å². The van der Waals surface area contributed by atoms with Crippen molar-refractivity contribution in [3.05, 3.63) is 59.2 Å². The maximum atomic E-state index is 12.4. The number of rotatable bonds is 4. The molecular weight excluding hydrogens is 314 g/mol. The largest absolute Gasteiger partial charge is 0.322 e. The zero-order valence-electron chi connectivity index (χ0n) is 14.2. The zero-order chi connectivity index (χ0) is 17.4. The lowest BCUT2D eigenvalue weighted by Gasteiger charge is -2.08. The first-order valence-corrected chi connectivity index (χ1v) is 8.38.